The van der Waals surface area contributed by atoms with Crippen LogP contribution in [-0.2, 0) is 10.0 Å². The molecule has 0 saturated carbocycles. The van der Waals surface area contributed by atoms with Crippen molar-refractivity contribution in [2.75, 3.05) is 10.0 Å². The standard InChI is InChI=1S/C26H22N4O4S2/c1-15-8-13-24(35-15)23-14-21(20-6-4-5-7-22(20)28-23)25(31)27-18-9-11-19(12-10-18)36(32,33)30-26-16(2)17(3)29-34-26/h4-14,30H,1-3H3,(H,27,31). The Bertz CT molecular complexity index is 1700. The third kappa shape index (κ3) is 4.60. The molecule has 0 aliphatic carbocycles. The number of thiophene rings is 1. The van der Waals surface area contributed by atoms with Crippen molar-refractivity contribution in [1.29, 1.82) is 0 Å². The molecule has 3 heterocycles. The predicted molar refractivity (Wildman–Crippen MR) is 141 cm³/mol. The number of rotatable bonds is 6. The van der Waals surface area contributed by atoms with Gasteiger partial charge in [0, 0.05) is 21.5 Å². The molecule has 8 nitrogen and oxygen atoms in total. The second kappa shape index (κ2) is 9.21. The van der Waals surface area contributed by atoms with Crippen LogP contribution in [0.5, 0.6) is 0 Å². The zero-order valence-electron chi connectivity index (χ0n) is 19.7. The lowest BCUT2D eigenvalue weighted by atomic mass is 10.1. The Balaban J connectivity index is 1.41. The van der Waals surface area contributed by atoms with E-state index in [0.717, 1.165) is 26.4 Å². The molecule has 2 N–H and O–H groups in total. The van der Waals surface area contributed by atoms with E-state index in [4.69, 9.17) is 9.51 Å². The maximum absolute atomic E-state index is 13.3. The van der Waals surface area contributed by atoms with Gasteiger partial charge in [0.1, 0.15) is 0 Å². The highest BCUT2D eigenvalue weighted by atomic mass is 32.2. The summed E-state index contributed by atoms with van der Waals surface area (Å²) >= 11 is 1.61. The van der Waals surface area contributed by atoms with Gasteiger partial charge < -0.3 is 9.84 Å². The third-order valence-corrected chi connectivity index (χ3v) is 8.13. The van der Waals surface area contributed by atoms with Crippen LogP contribution in [0.1, 0.15) is 26.5 Å². The summed E-state index contributed by atoms with van der Waals surface area (Å²) in [6.45, 7) is 5.47. The van der Waals surface area contributed by atoms with E-state index in [-0.39, 0.29) is 16.7 Å². The predicted octanol–water partition coefficient (Wildman–Crippen LogP) is 5.93. The first kappa shape index (κ1) is 23.7. The molecule has 0 radical (unpaired) electrons. The number of hydrogen-bond donors (Lipinski definition) is 2. The van der Waals surface area contributed by atoms with Gasteiger partial charge in [-0.3, -0.25) is 4.79 Å². The van der Waals surface area contributed by atoms with Crippen LogP contribution >= 0.6 is 11.3 Å². The number of sulfonamides is 1. The van der Waals surface area contributed by atoms with Crippen LogP contribution < -0.4 is 10.0 Å². The highest BCUT2D eigenvalue weighted by Crippen LogP contribution is 2.30. The molecular formula is C26H22N4O4S2. The fourth-order valence-electron chi connectivity index (χ4n) is 3.67. The lowest BCUT2D eigenvalue weighted by Crippen LogP contribution is -2.15. The maximum Gasteiger partial charge on any atom is 0.264 e. The Morgan fingerprint density at radius 3 is 2.39 bits per heavy atom. The normalized spacial score (nSPS) is 11.5. The van der Waals surface area contributed by atoms with Gasteiger partial charge in [-0.25, -0.2) is 18.1 Å². The summed E-state index contributed by atoms with van der Waals surface area (Å²) < 4.78 is 32.9. The summed E-state index contributed by atoms with van der Waals surface area (Å²) in [5, 5.41) is 7.36. The van der Waals surface area contributed by atoms with Crippen LogP contribution in [0, 0.1) is 20.8 Å². The summed E-state index contributed by atoms with van der Waals surface area (Å²) in [7, 11) is -3.89. The first-order valence-corrected chi connectivity index (χ1v) is 13.3. The number of nitrogens with zero attached hydrogens (tertiary/aromatic N) is 2. The molecule has 10 heteroatoms. The summed E-state index contributed by atoms with van der Waals surface area (Å²) in [4.78, 5) is 20.2. The second-order valence-electron chi connectivity index (χ2n) is 8.29. The second-order valence-corrected chi connectivity index (χ2v) is 11.3. The fourth-order valence-corrected chi connectivity index (χ4v) is 5.54. The SMILES string of the molecule is Cc1ccc(-c2cc(C(=O)Nc3ccc(S(=O)(=O)Nc4onc(C)c4C)cc3)c3ccccc3n2)s1. The molecular weight excluding hydrogens is 496 g/mol. The first-order chi connectivity index (χ1) is 17.2. The maximum atomic E-state index is 13.3. The summed E-state index contributed by atoms with van der Waals surface area (Å²) in [5.74, 6) is -0.240. The topological polar surface area (TPSA) is 114 Å². The third-order valence-electron chi connectivity index (χ3n) is 5.76. The smallest absolute Gasteiger partial charge is 0.264 e. The molecule has 2 aromatic carbocycles. The minimum absolute atomic E-state index is 0.0265. The molecule has 0 atom stereocenters. The number of benzene rings is 2. The number of carbonyl (C=O) groups is 1. The van der Waals surface area contributed by atoms with Crippen molar-refractivity contribution in [3.8, 4) is 10.6 Å². The Morgan fingerprint density at radius 2 is 1.72 bits per heavy atom. The van der Waals surface area contributed by atoms with E-state index in [1.165, 1.54) is 24.3 Å². The summed E-state index contributed by atoms with van der Waals surface area (Å²) in [5.41, 5.74) is 3.60. The van der Waals surface area contributed by atoms with E-state index in [1.807, 2.05) is 43.3 Å². The van der Waals surface area contributed by atoms with Gasteiger partial charge in [0.05, 0.1) is 32.2 Å². The van der Waals surface area contributed by atoms with Gasteiger partial charge in [0.15, 0.2) is 0 Å². The quantitative estimate of drug-likeness (QED) is 0.288. The number of aromatic nitrogens is 2. The average Bonchev–Trinajstić information content (AvgIpc) is 3.44. The zero-order chi connectivity index (χ0) is 25.4. The number of hydrogen-bond acceptors (Lipinski definition) is 7. The van der Waals surface area contributed by atoms with Crippen molar-refractivity contribution in [2.45, 2.75) is 25.7 Å². The van der Waals surface area contributed by atoms with Gasteiger partial charge in [-0.2, -0.15) is 0 Å². The lowest BCUT2D eigenvalue weighted by molar-refractivity contribution is 0.102. The summed E-state index contributed by atoms with van der Waals surface area (Å²) in [6, 6.07) is 19.2. The van der Waals surface area contributed by atoms with Gasteiger partial charge >= 0.3 is 0 Å². The molecule has 0 saturated heterocycles. The molecule has 0 aliphatic rings. The van der Waals surface area contributed by atoms with Crippen LogP contribution in [0.15, 0.2) is 76.1 Å². The van der Waals surface area contributed by atoms with Crippen molar-refractivity contribution >= 4 is 49.7 Å². The van der Waals surface area contributed by atoms with Gasteiger partial charge in [-0.05, 0) is 69.3 Å². The van der Waals surface area contributed by atoms with E-state index < -0.39 is 10.0 Å². The number of aryl methyl sites for hydroxylation is 2. The Morgan fingerprint density at radius 1 is 0.972 bits per heavy atom. The first-order valence-electron chi connectivity index (χ1n) is 11.0. The molecule has 0 spiro atoms. The van der Waals surface area contributed by atoms with Gasteiger partial charge in [0.2, 0.25) is 5.88 Å². The number of anilines is 2. The highest BCUT2D eigenvalue weighted by molar-refractivity contribution is 7.92. The van der Waals surface area contributed by atoms with Crippen LogP contribution in [-0.4, -0.2) is 24.5 Å². The molecule has 182 valence electrons. The van der Waals surface area contributed by atoms with Crippen LogP contribution in [0.2, 0.25) is 0 Å². The molecule has 1 amide bonds. The molecule has 36 heavy (non-hydrogen) atoms. The zero-order valence-corrected chi connectivity index (χ0v) is 21.3. The van der Waals surface area contributed by atoms with E-state index in [9.17, 15) is 13.2 Å². The highest BCUT2D eigenvalue weighted by Gasteiger charge is 2.20. The van der Waals surface area contributed by atoms with Crippen molar-refractivity contribution in [3.63, 3.8) is 0 Å². The molecule has 5 rings (SSSR count). The number of carbonyl (C=O) groups excluding carboxylic acids is 1. The number of amides is 1. The molecule has 0 unspecified atom stereocenters. The van der Waals surface area contributed by atoms with Gasteiger partial charge in [-0.1, -0.05) is 23.4 Å². The van der Waals surface area contributed by atoms with Crippen LogP contribution in [0.25, 0.3) is 21.5 Å². The lowest BCUT2D eigenvalue weighted by Gasteiger charge is -2.11. The van der Waals surface area contributed by atoms with Crippen molar-refractivity contribution < 1.29 is 17.7 Å². The average molecular weight is 519 g/mol. The molecule has 3 aromatic heterocycles. The van der Waals surface area contributed by atoms with Crippen molar-refractivity contribution in [3.05, 3.63) is 88.4 Å². The van der Waals surface area contributed by atoms with Gasteiger partial charge in [0.25, 0.3) is 15.9 Å². The van der Waals surface area contributed by atoms with Crippen molar-refractivity contribution in [1.82, 2.24) is 10.1 Å². The summed E-state index contributed by atoms with van der Waals surface area (Å²) in [6.07, 6.45) is 0. The molecule has 0 bridgehead atoms. The van der Waals surface area contributed by atoms with Gasteiger partial charge in [-0.15, -0.1) is 11.3 Å². The monoisotopic (exact) mass is 518 g/mol. The Kier molecular flexibility index (Phi) is 6.07. The van der Waals surface area contributed by atoms with E-state index in [0.29, 0.717) is 22.5 Å². The number of nitrogens with one attached hydrogen (secondary N) is 2. The molecule has 5 aromatic rings. The van der Waals surface area contributed by atoms with E-state index in [1.54, 1.807) is 31.3 Å². The number of fused-ring (bicyclic) bond motifs is 1. The Labute approximate surface area is 212 Å². The number of para-hydroxylation sites is 1. The minimum atomic E-state index is -3.89. The van der Waals surface area contributed by atoms with Crippen molar-refractivity contribution in [2.24, 2.45) is 0 Å². The largest absolute Gasteiger partial charge is 0.337 e. The number of pyridine rings is 1. The fraction of sp³-hybridized carbons (Fsp3) is 0.115. The Hall–Kier alpha value is -4.02. The van der Waals surface area contributed by atoms with Crippen LogP contribution in [0.3, 0.4) is 0 Å². The van der Waals surface area contributed by atoms with Crippen LogP contribution in [0.4, 0.5) is 11.6 Å². The molecule has 0 aliphatic heterocycles. The molecule has 0 fully saturated rings. The van der Waals surface area contributed by atoms with E-state index in [2.05, 4.69) is 15.2 Å². The minimum Gasteiger partial charge on any atom is -0.337 e. The van der Waals surface area contributed by atoms with E-state index >= 15 is 0 Å².